The first-order chi connectivity index (χ1) is 12.1. The van der Waals surface area contributed by atoms with Crippen molar-refractivity contribution in [1.82, 2.24) is 9.97 Å². The van der Waals surface area contributed by atoms with Crippen LogP contribution in [0.2, 0.25) is 0 Å². The number of carbonyl (C=O) groups excluding carboxylic acids is 1. The van der Waals surface area contributed by atoms with Crippen LogP contribution in [0, 0.1) is 6.92 Å². The molecule has 1 aliphatic carbocycles. The number of aliphatic hydroxyl groups is 1. The Hall–Kier alpha value is -2.47. The van der Waals surface area contributed by atoms with Crippen molar-refractivity contribution < 1.29 is 9.90 Å². The summed E-state index contributed by atoms with van der Waals surface area (Å²) >= 11 is 0. The van der Waals surface area contributed by atoms with E-state index in [0.717, 1.165) is 25.6 Å². The number of benzene rings is 1. The Morgan fingerprint density at radius 2 is 1.88 bits per heavy atom. The van der Waals surface area contributed by atoms with E-state index < -0.39 is 0 Å². The van der Waals surface area contributed by atoms with Gasteiger partial charge in [-0.3, -0.25) is 4.79 Å². The maximum absolute atomic E-state index is 11.7. The van der Waals surface area contributed by atoms with Crippen LogP contribution in [0.15, 0.2) is 30.3 Å². The number of nitrogens with zero attached hydrogens (tertiary/aromatic N) is 2. The molecule has 0 radical (unpaired) electrons. The van der Waals surface area contributed by atoms with Crippen molar-refractivity contribution in [3.8, 4) is 0 Å². The number of aliphatic hydroxyl groups excluding tert-OH is 1. The molecule has 1 heterocycles. The number of hydrogen-bond donors (Lipinski definition) is 3. The summed E-state index contributed by atoms with van der Waals surface area (Å²) in [5.74, 6) is 1.10. The van der Waals surface area contributed by atoms with Crippen LogP contribution in [-0.2, 0) is 0 Å². The minimum absolute atomic E-state index is 0.0610. The maximum atomic E-state index is 11.7. The van der Waals surface area contributed by atoms with Crippen LogP contribution in [0.4, 0.5) is 17.5 Å². The molecule has 25 heavy (non-hydrogen) atoms. The van der Waals surface area contributed by atoms with E-state index in [1.165, 1.54) is 25.3 Å². The number of rotatable bonds is 5. The van der Waals surface area contributed by atoms with Gasteiger partial charge >= 0.3 is 0 Å². The topological polar surface area (TPSA) is 87.1 Å². The zero-order valence-electron chi connectivity index (χ0n) is 15.0. The third kappa shape index (κ3) is 5.53. The fraction of sp³-hybridized carbons (Fsp3) is 0.421. The van der Waals surface area contributed by atoms with E-state index in [1.54, 1.807) is 6.07 Å². The van der Waals surface area contributed by atoms with Gasteiger partial charge in [-0.25, -0.2) is 4.98 Å². The summed E-state index contributed by atoms with van der Waals surface area (Å²) in [7, 11) is 1.00. The number of anilines is 3. The van der Waals surface area contributed by atoms with E-state index in [9.17, 15) is 4.79 Å². The molecule has 0 atom stereocenters. The first-order valence-corrected chi connectivity index (χ1v) is 8.55. The Labute approximate surface area is 148 Å². The lowest BCUT2D eigenvalue weighted by molar-refractivity contribution is 0.101. The van der Waals surface area contributed by atoms with Crippen molar-refractivity contribution >= 4 is 23.2 Å². The molecule has 1 saturated carbocycles. The highest BCUT2D eigenvalue weighted by atomic mass is 16.2. The Morgan fingerprint density at radius 1 is 1.16 bits per heavy atom. The van der Waals surface area contributed by atoms with Crippen molar-refractivity contribution in [2.75, 3.05) is 17.7 Å². The highest BCUT2D eigenvalue weighted by Crippen LogP contribution is 2.23. The summed E-state index contributed by atoms with van der Waals surface area (Å²) in [4.78, 5) is 20.6. The summed E-state index contributed by atoms with van der Waals surface area (Å²) in [6.07, 6.45) is 4.74. The molecule has 6 nitrogen and oxygen atoms in total. The van der Waals surface area contributed by atoms with Crippen LogP contribution < -0.4 is 10.6 Å². The molecule has 1 fully saturated rings. The van der Waals surface area contributed by atoms with Crippen molar-refractivity contribution in [3.05, 3.63) is 41.6 Å². The smallest absolute Gasteiger partial charge is 0.225 e. The van der Waals surface area contributed by atoms with Crippen molar-refractivity contribution in [2.45, 2.75) is 45.6 Å². The van der Waals surface area contributed by atoms with Gasteiger partial charge in [0.2, 0.25) is 5.95 Å². The molecule has 6 heteroatoms. The number of carbonyl (C=O) groups is 1. The van der Waals surface area contributed by atoms with Gasteiger partial charge in [0.25, 0.3) is 0 Å². The largest absolute Gasteiger partial charge is 0.400 e. The molecule has 3 rings (SSSR count). The first-order valence-electron chi connectivity index (χ1n) is 8.55. The monoisotopic (exact) mass is 342 g/mol. The average Bonchev–Trinajstić information content (AvgIpc) is 3.09. The van der Waals surface area contributed by atoms with Crippen molar-refractivity contribution in [1.29, 1.82) is 0 Å². The quantitative estimate of drug-likeness (QED) is 0.718. The van der Waals surface area contributed by atoms with Gasteiger partial charge in [-0.1, -0.05) is 25.0 Å². The molecule has 2 aromatic rings. The average molecular weight is 342 g/mol. The molecule has 0 spiro atoms. The van der Waals surface area contributed by atoms with E-state index >= 15 is 0 Å². The number of ketones is 1. The molecule has 3 N–H and O–H groups in total. The van der Waals surface area contributed by atoms with Crippen LogP contribution in [0.1, 0.15) is 48.7 Å². The molecular formula is C19H26N4O2. The first kappa shape index (κ1) is 18.9. The summed E-state index contributed by atoms with van der Waals surface area (Å²) in [5, 5.41) is 13.6. The van der Waals surface area contributed by atoms with E-state index in [4.69, 9.17) is 5.11 Å². The second-order valence-corrected chi connectivity index (χ2v) is 6.14. The van der Waals surface area contributed by atoms with Gasteiger partial charge in [0.1, 0.15) is 11.5 Å². The Kier molecular flexibility index (Phi) is 6.89. The molecule has 0 unspecified atom stereocenters. The van der Waals surface area contributed by atoms with Gasteiger partial charge in [-0.15, -0.1) is 0 Å². The Bertz CT molecular complexity index is 712. The summed E-state index contributed by atoms with van der Waals surface area (Å²) in [6.45, 7) is 3.57. The van der Waals surface area contributed by atoms with E-state index in [-0.39, 0.29) is 5.78 Å². The standard InChI is InChI=1S/C18H22N4O.CH4O/c1-12-6-5-9-15(10-12)19-17-11-16(13(2)23)21-18(22-17)20-14-7-3-4-8-14;1-2/h5-6,9-11,14H,3-4,7-8H2,1-2H3,(H2,19,20,21,22);2H,1H3. The van der Waals surface area contributed by atoms with Crippen LogP contribution in [0.3, 0.4) is 0 Å². The third-order valence-corrected chi connectivity index (χ3v) is 4.07. The van der Waals surface area contributed by atoms with E-state index in [1.807, 2.05) is 31.2 Å². The Morgan fingerprint density at radius 3 is 2.52 bits per heavy atom. The number of nitrogens with one attached hydrogen (secondary N) is 2. The van der Waals surface area contributed by atoms with Crippen molar-refractivity contribution in [2.24, 2.45) is 0 Å². The van der Waals surface area contributed by atoms with Crippen LogP contribution in [0.5, 0.6) is 0 Å². The minimum atomic E-state index is -0.0610. The van der Waals surface area contributed by atoms with Gasteiger partial charge in [-0.2, -0.15) is 4.98 Å². The highest BCUT2D eigenvalue weighted by molar-refractivity contribution is 5.93. The summed E-state index contributed by atoms with van der Waals surface area (Å²) in [5.41, 5.74) is 2.54. The summed E-state index contributed by atoms with van der Waals surface area (Å²) < 4.78 is 0. The third-order valence-electron chi connectivity index (χ3n) is 4.07. The van der Waals surface area contributed by atoms with Gasteiger partial charge < -0.3 is 15.7 Å². The highest BCUT2D eigenvalue weighted by Gasteiger charge is 2.17. The molecule has 0 bridgehead atoms. The number of aromatic nitrogens is 2. The van der Waals surface area contributed by atoms with E-state index in [0.29, 0.717) is 23.5 Å². The maximum Gasteiger partial charge on any atom is 0.225 e. The predicted molar refractivity (Wildman–Crippen MR) is 101 cm³/mol. The zero-order chi connectivity index (χ0) is 18.2. The molecule has 134 valence electrons. The SMILES string of the molecule is CC(=O)c1cc(Nc2cccc(C)c2)nc(NC2CCCC2)n1.CO. The predicted octanol–water partition coefficient (Wildman–Crippen LogP) is 3.69. The number of hydrogen-bond acceptors (Lipinski definition) is 6. The lowest BCUT2D eigenvalue weighted by atomic mass is 10.2. The second kappa shape index (κ2) is 9.13. The second-order valence-electron chi connectivity index (χ2n) is 6.14. The fourth-order valence-corrected chi connectivity index (χ4v) is 2.88. The van der Waals surface area contributed by atoms with E-state index in [2.05, 4.69) is 20.6 Å². The lowest BCUT2D eigenvalue weighted by Crippen LogP contribution is -2.18. The van der Waals surface area contributed by atoms with Gasteiger partial charge in [0.05, 0.1) is 0 Å². The number of aryl methyl sites for hydroxylation is 1. The molecule has 1 aromatic carbocycles. The van der Waals surface area contributed by atoms with Crippen LogP contribution in [-0.4, -0.2) is 34.0 Å². The molecule has 0 saturated heterocycles. The fourth-order valence-electron chi connectivity index (χ4n) is 2.88. The van der Waals surface area contributed by atoms with Crippen LogP contribution in [0.25, 0.3) is 0 Å². The number of Topliss-reactive ketones (excluding diaryl/α,β-unsaturated/α-hetero) is 1. The normalized spacial score (nSPS) is 13.8. The van der Waals surface area contributed by atoms with Gasteiger partial charge in [0, 0.05) is 31.8 Å². The lowest BCUT2D eigenvalue weighted by Gasteiger charge is -2.14. The van der Waals surface area contributed by atoms with Gasteiger partial charge in [0.15, 0.2) is 5.78 Å². The molecule has 0 amide bonds. The van der Waals surface area contributed by atoms with Crippen LogP contribution >= 0.6 is 0 Å². The molecular weight excluding hydrogens is 316 g/mol. The minimum Gasteiger partial charge on any atom is -0.400 e. The zero-order valence-corrected chi connectivity index (χ0v) is 15.0. The van der Waals surface area contributed by atoms with Crippen molar-refractivity contribution in [3.63, 3.8) is 0 Å². The Balaban J connectivity index is 0.00000109. The molecule has 0 aliphatic heterocycles. The summed E-state index contributed by atoms with van der Waals surface area (Å²) in [6, 6.07) is 10.2. The van der Waals surface area contributed by atoms with Gasteiger partial charge in [-0.05, 0) is 37.5 Å². The molecule has 1 aliphatic rings. The molecule has 1 aromatic heterocycles.